The van der Waals surface area contributed by atoms with Crippen molar-refractivity contribution in [2.75, 3.05) is 6.54 Å². The molecule has 6 nitrogen and oxygen atoms in total. The van der Waals surface area contributed by atoms with E-state index in [2.05, 4.69) is 11.2 Å². The lowest BCUT2D eigenvalue weighted by molar-refractivity contribution is -0.138. The molecule has 0 unspecified atom stereocenters. The van der Waals surface area contributed by atoms with Crippen molar-refractivity contribution in [1.82, 2.24) is 14.8 Å². The number of halogens is 2. The van der Waals surface area contributed by atoms with Crippen molar-refractivity contribution in [3.8, 4) is 12.3 Å². The molecule has 0 radical (unpaired) electrons. The van der Waals surface area contributed by atoms with E-state index in [9.17, 15) is 18.8 Å². The molecular weight excluding hydrogens is 457 g/mol. The number of fused-ring (bicyclic) bond motifs is 1. The van der Waals surface area contributed by atoms with Gasteiger partial charge in [-0.15, -0.1) is 6.42 Å². The maximum atomic E-state index is 14.1. The Morgan fingerprint density at radius 2 is 2.06 bits per heavy atom. The van der Waals surface area contributed by atoms with Crippen LogP contribution >= 0.6 is 11.6 Å². The largest absolute Gasteiger partial charge is 0.350 e. The second-order valence-corrected chi connectivity index (χ2v) is 8.69. The summed E-state index contributed by atoms with van der Waals surface area (Å²) >= 11 is 5.80. The van der Waals surface area contributed by atoms with Crippen molar-refractivity contribution in [3.63, 3.8) is 0 Å². The zero-order valence-electron chi connectivity index (χ0n) is 18.6. The van der Waals surface area contributed by atoms with Crippen LogP contribution in [0.15, 0.2) is 42.6 Å². The van der Waals surface area contributed by atoms with Gasteiger partial charge in [0.2, 0.25) is 11.8 Å². The lowest BCUT2D eigenvalue weighted by Crippen LogP contribution is -2.46. The second kappa shape index (κ2) is 9.70. The Morgan fingerprint density at radius 3 is 2.79 bits per heavy atom. The Morgan fingerprint density at radius 1 is 1.26 bits per heavy atom. The van der Waals surface area contributed by atoms with Gasteiger partial charge in [-0.1, -0.05) is 35.7 Å². The van der Waals surface area contributed by atoms with Gasteiger partial charge in [-0.05, 0) is 38.0 Å². The van der Waals surface area contributed by atoms with Crippen LogP contribution in [0.1, 0.15) is 41.3 Å². The van der Waals surface area contributed by atoms with Gasteiger partial charge in [0.1, 0.15) is 18.4 Å². The van der Waals surface area contributed by atoms with E-state index in [0.29, 0.717) is 36.0 Å². The summed E-state index contributed by atoms with van der Waals surface area (Å²) in [6.45, 7) is 1.85. The first-order valence-electron chi connectivity index (χ1n) is 10.9. The molecule has 4 rings (SSSR count). The van der Waals surface area contributed by atoms with Crippen LogP contribution in [0.2, 0.25) is 5.02 Å². The second-order valence-electron chi connectivity index (χ2n) is 8.28. The molecule has 1 atom stereocenters. The fourth-order valence-electron chi connectivity index (χ4n) is 4.35. The average molecular weight is 480 g/mol. The Kier molecular flexibility index (Phi) is 6.71. The molecule has 1 aliphatic rings. The van der Waals surface area contributed by atoms with Gasteiger partial charge in [0.05, 0.1) is 10.5 Å². The first kappa shape index (κ1) is 23.5. The molecule has 2 amide bonds. The highest BCUT2D eigenvalue weighted by Gasteiger charge is 2.34. The standard InChI is InChI=1S/C26H23ClFN3O3/c1-3-17-9-10-19-20(16(2)32)14-30(23(19)12-17)15-24(33)31-11-5-8-22(31)26(34)29-13-18-6-4-7-21(27)25(18)28/h1,4,6-7,9-10,12,14,22H,5,8,11,13,15H2,2H3,(H,29,34)/t22-/m0/s1. The zero-order chi connectivity index (χ0) is 24.4. The zero-order valence-corrected chi connectivity index (χ0v) is 19.4. The van der Waals surface area contributed by atoms with Gasteiger partial charge in [0.25, 0.3) is 0 Å². The van der Waals surface area contributed by atoms with Crippen LogP contribution in [0, 0.1) is 18.2 Å². The van der Waals surface area contributed by atoms with Crippen LogP contribution in [-0.4, -0.2) is 39.7 Å². The van der Waals surface area contributed by atoms with Gasteiger partial charge in [0, 0.05) is 41.4 Å². The minimum Gasteiger partial charge on any atom is -0.350 e. The number of terminal acetylenes is 1. The number of benzene rings is 2. The molecule has 2 aromatic carbocycles. The van der Waals surface area contributed by atoms with Gasteiger partial charge in [-0.3, -0.25) is 14.4 Å². The molecule has 1 aliphatic heterocycles. The molecule has 0 spiro atoms. The number of ketones is 1. The maximum absolute atomic E-state index is 14.1. The van der Waals surface area contributed by atoms with E-state index < -0.39 is 11.9 Å². The fraction of sp³-hybridized carbons (Fsp3) is 0.269. The summed E-state index contributed by atoms with van der Waals surface area (Å²) in [6.07, 6.45) is 8.37. The third-order valence-corrected chi connectivity index (χ3v) is 6.39. The molecule has 0 saturated carbocycles. The third-order valence-electron chi connectivity index (χ3n) is 6.09. The first-order valence-corrected chi connectivity index (χ1v) is 11.3. The maximum Gasteiger partial charge on any atom is 0.243 e. The average Bonchev–Trinajstić information content (AvgIpc) is 3.45. The van der Waals surface area contributed by atoms with Crippen molar-refractivity contribution >= 4 is 40.1 Å². The summed E-state index contributed by atoms with van der Waals surface area (Å²) in [6, 6.07) is 9.25. The van der Waals surface area contributed by atoms with Crippen LogP contribution in [0.3, 0.4) is 0 Å². The smallest absolute Gasteiger partial charge is 0.243 e. The minimum absolute atomic E-state index is 0.0127. The number of nitrogens with zero attached hydrogens (tertiary/aromatic N) is 2. The van der Waals surface area contributed by atoms with Crippen molar-refractivity contribution < 1.29 is 18.8 Å². The molecule has 1 saturated heterocycles. The first-order chi connectivity index (χ1) is 16.3. The molecule has 0 aliphatic carbocycles. The quantitative estimate of drug-likeness (QED) is 0.430. The number of hydrogen-bond acceptors (Lipinski definition) is 3. The van der Waals surface area contributed by atoms with Crippen LogP contribution in [0.4, 0.5) is 4.39 Å². The fourth-order valence-corrected chi connectivity index (χ4v) is 4.55. The molecule has 1 fully saturated rings. The van der Waals surface area contributed by atoms with Gasteiger partial charge in [-0.2, -0.15) is 0 Å². The molecule has 34 heavy (non-hydrogen) atoms. The molecule has 8 heteroatoms. The molecule has 1 aromatic heterocycles. The normalized spacial score (nSPS) is 15.4. The molecule has 3 aromatic rings. The predicted octanol–water partition coefficient (Wildman–Crippen LogP) is 3.93. The number of aromatic nitrogens is 1. The number of Topliss-reactive ketones (excluding diaryl/α,β-unsaturated/α-hetero) is 1. The lowest BCUT2D eigenvalue weighted by Gasteiger charge is -2.24. The third kappa shape index (κ3) is 4.55. The summed E-state index contributed by atoms with van der Waals surface area (Å²) < 4.78 is 15.8. The molecule has 2 heterocycles. The summed E-state index contributed by atoms with van der Waals surface area (Å²) in [7, 11) is 0. The van der Waals surface area contributed by atoms with Crippen LogP contribution < -0.4 is 5.32 Å². The van der Waals surface area contributed by atoms with Gasteiger partial charge >= 0.3 is 0 Å². The predicted molar refractivity (Wildman–Crippen MR) is 128 cm³/mol. The van der Waals surface area contributed by atoms with Crippen LogP contribution in [0.5, 0.6) is 0 Å². The van der Waals surface area contributed by atoms with E-state index in [1.165, 1.54) is 17.9 Å². The number of likely N-dealkylation sites (tertiary alicyclic amines) is 1. The highest BCUT2D eigenvalue weighted by Crippen LogP contribution is 2.25. The van der Waals surface area contributed by atoms with Crippen molar-refractivity contribution in [2.45, 2.75) is 38.9 Å². The van der Waals surface area contributed by atoms with Crippen molar-refractivity contribution in [2.24, 2.45) is 0 Å². The Balaban J connectivity index is 1.51. The molecular formula is C26H23ClFN3O3. The topological polar surface area (TPSA) is 71.4 Å². The van der Waals surface area contributed by atoms with E-state index in [4.69, 9.17) is 18.0 Å². The number of carbonyl (C=O) groups is 3. The number of rotatable bonds is 6. The van der Waals surface area contributed by atoms with E-state index in [1.807, 2.05) is 0 Å². The highest BCUT2D eigenvalue weighted by molar-refractivity contribution is 6.30. The summed E-state index contributed by atoms with van der Waals surface area (Å²) in [5, 5.41) is 3.42. The Labute approximate surface area is 201 Å². The van der Waals surface area contributed by atoms with Gasteiger partial charge in [0.15, 0.2) is 5.78 Å². The van der Waals surface area contributed by atoms with E-state index in [1.54, 1.807) is 41.1 Å². The molecule has 0 bridgehead atoms. The number of nitrogens with one attached hydrogen (secondary N) is 1. The van der Waals surface area contributed by atoms with Crippen molar-refractivity contribution in [1.29, 1.82) is 0 Å². The van der Waals surface area contributed by atoms with E-state index in [-0.39, 0.29) is 41.3 Å². The summed E-state index contributed by atoms with van der Waals surface area (Å²) in [4.78, 5) is 39.7. The Bertz CT molecular complexity index is 1340. The SMILES string of the molecule is C#Cc1ccc2c(C(C)=O)cn(CC(=O)N3CCC[C@H]3C(=O)NCc3cccc(Cl)c3F)c2c1. The molecule has 1 N–H and O–H groups in total. The highest BCUT2D eigenvalue weighted by atomic mass is 35.5. The summed E-state index contributed by atoms with van der Waals surface area (Å²) in [5.74, 6) is 1.29. The molecule has 174 valence electrons. The van der Waals surface area contributed by atoms with Gasteiger partial charge < -0.3 is 14.8 Å². The van der Waals surface area contributed by atoms with Crippen LogP contribution in [0.25, 0.3) is 10.9 Å². The number of amides is 2. The number of hydrogen-bond donors (Lipinski definition) is 1. The van der Waals surface area contributed by atoms with E-state index in [0.717, 1.165) is 5.39 Å². The minimum atomic E-state index is -0.648. The monoisotopic (exact) mass is 479 g/mol. The number of carbonyl (C=O) groups excluding carboxylic acids is 3. The van der Waals surface area contributed by atoms with Crippen LogP contribution in [-0.2, 0) is 22.7 Å². The lowest BCUT2D eigenvalue weighted by atomic mass is 10.1. The van der Waals surface area contributed by atoms with E-state index >= 15 is 0 Å². The Hall–Kier alpha value is -3.63. The van der Waals surface area contributed by atoms with Crippen molar-refractivity contribution in [3.05, 3.63) is 70.1 Å². The van der Waals surface area contributed by atoms with Gasteiger partial charge in [-0.25, -0.2) is 4.39 Å². The summed E-state index contributed by atoms with van der Waals surface area (Å²) in [5.41, 5.74) is 2.11.